The second kappa shape index (κ2) is 6.98. The molecule has 102 valence electrons. The van der Waals surface area contributed by atoms with Gasteiger partial charge in [0.1, 0.15) is 6.61 Å². The van der Waals surface area contributed by atoms with Crippen molar-refractivity contribution in [2.24, 2.45) is 0 Å². The second-order valence-electron chi connectivity index (χ2n) is 4.77. The number of rotatable bonds is 7. The summed E-state index contributed by atoms with van der Waals surface area (Å²) in [7, 11) is 0. The number of unbranched alkanes of at least 4 members (excludes halogenated alkanes) is 3. The molecule has 1 aromatic rings. The van der Waals surface area contributed by atoms with Crippen LogP contribution in [0.5, 0.6) is 5.75 Å². The maximum absolute atomic E-state index is 12.2. The molecule has 1 aliphatic heterocycles. The number of hydrogen-bond acceptors (Lipinski definition) is 3. The topological polar surface area (TPSA) is 38.3 Å². The summed E-state index contributed by atoms with van der Waals surface area (Å²) in [6.45, 7) is 5.12. The van der Waals surface area contributed by atoms with E-state index in [1.807, 2.05) is 24.3 Å². The number of nitrogens with one attached hydrogen (secondary N) is 1. The Hall–Kier alpha value is -1.77. The molecule has 0 bridgehead atoms. The van der Waals surface area contributed by atoms with Crippen molar-refractivity contribution in [2.45, 2.75) is 32.1 Å². The van der Waals surface area contributed by atoms with Gasteiger partial charge in [-0.25, -0.2) is 0 Å². The summed E-state index contributed by atoms with van der Waals surface area (Å²) in [4.78, 5) is 12.2. The van der Waals surface area contributed by atoms with E-state index >= 15 is 0 Å². The van der Waals surface area contributed by atoms with Gasteiger partial charge in [0.25, 0.3) is 0 Å². The quantitative estimate of drug-likeness (QED) is 0.459. The van der Waals surface area contributed by atoms with Gasteiger partial charge >= 0.3 is 0 Å². The maximum Gasteiger partial charge on any atom is 0.166 e. The van der Waals surface area contributed by atoms with Gasteiger partial charge in [0.05, 0.1) is 11.3 Å². The van der Waals surface area contributed by atoms with E-state index < -0.39 is 0 Å². The molecule has 1 heterocycles. The van der Waals surface area contributed by atoms with Crippen LogP contribution in [-0.4, -0.2) is 18.9 Å². The molecule has 1 N–H and O–H groups in total. The molecule has 3 nitrogen and oxygen atoms in total. The number of hydrogen-bond donors (Lipinski definition) is 1. The zero-order valence-electron chi connectivity index (χ0n) is 11.3. The number of para-hydroxylation sites is 1. The zero-order chi connectivity index (χ0) is 13.5. The molecule has 0 atom stereocenters. The third kappa shape index (κ3) is 3.60. The first kappa shape index (κ1) is 13.7. The van der Waals surface area contributed by atoms with E-state index in [0.717, 1.165) is 43.7 Å². The highest BCUT2D eigenvalue weighted by molar-refractivity contribution is 6.00. The van der Waals surface area contributed by atoms with Gasteiger partial charge in [-0.15, -0.1) is 6.58 Å². The Morgan fingerprint density at radius 1 is 1.37 bits per heavy atom. The number of anilines is 1. The van der Waals surface area contributed by atoms with Crippen LogP contribution in [0.1, 0.15) is 42.5 Å². The number of benzene rings is 1. The highest BCUT2D eigenvalue weighted by Gasteiger charge is 2.18. The number of allylic oxidation sites excluding steroid dienone is 1. The number of Topliss-reactive ketones (excluding diaryl/α,β-unsaturated/α-hetero) is 1. The van der Waals surface area contributed by atoms with Crippen molar-refractivity contribution in [2.75, 3.05) is 18.5 Å². The third-order valence-corrected chi connectivity index (χ3v) is 3.29. The summed E-state index contributed by atoms with van der Waals surface area (Å²) in [5, 5.41) is 3.25. The van der Waals surface area contributed by atoms with Gasteiger partial charge < -0.3 is 10.1 Å². The van der Waals surface area contributed by atoms with Gasteiger partial charge in [-0.05, 0) is 31.4 Å². The van der Waals surface area contributed by atoms with Crippen LogP contribution in [0.3, 0.4) is 0 Å². The molecule has 3 heteroatoms. The molecule has 0 saturated carbocycles. The van der Waals surface area contributed by atoms with Gasteiger partial charge in [0.2, 0.25) is 0 Å². The minimum absolute atomic E-state index is 0.180. The largest absolute Gasteiger partial charge is 0.489 e. The Morgan fingerprint density at radius 2 is 2.26 bits per heavy atom. The molecule has 0 aliphatic carbocycles. The van der Waals surface area contributed by atoms with Crippen molar-refractivity contribution >= 4 is 11.5 Å². The van der Waals surface area contributed by atoms with Crippen molar-refractivity contribution in [1.29, 1.82) is 0 Å². The van der Waals surface area contributed by atoms with E-state index in [1.165, 1.54) is 0 Å². The smallest absolute Gasteiger partial charge is 0.166 e. The number of fused-ring (bicyclic) bond motifs is 1. The lowest BCUT2D eigenvalue weighted by Crippen LogP contribution is -2.20. The SMILES string of the molecule is C=CCCCCCC(=O)c1cccc2c1OCCN2. The van der Waals surface area contributed by atoms with Crippen LogP contribution in [0.15, 0.2) is 30.9 Å². The van der Waals surface area contributed by atoms with Crippen LogP contribution >= 0.6 is 0 Å². The van der Waals surface area contributed by atoms with Gasteiger partial charge in [0, 0.05) is 13.0 Å². The maximum atomic E-state index is 12.2. The van der Waals surface area contributed by atoms with E-state index in [1.54, 1.807) is 0 Å². The molecule has 0 radical (unpaired) electrons. The van der Waals surface area contributed by atoms with Crippen LogP contribution in [0.25, 0.3) is 0 Å². The highest BCUT2D eigenvalue weighted by Crippen LogP contribution is 2.32. The summed E-state index contributed by atoms with van der Waals surface area (Å²) in [5.41, 5.74) is 1.65. The van der Waals surface area contributed by atoms with E-state index in [9.17, 15) is 4.79 Å². The van der Waals surface area contributed by atoms with Crippen LogP contribution in [-0.2, 0) is 0 Å². The molecular formula is C16H21NO2. The van der Waals surface area contributed by atoms with Crippen molar-refractivity contribution < 1.29 is 9.53 Å². The molecule has 1 aliphatic rings. The summed E-state index contributed by atoms with van der Waals surface area (Å²) >= 11 is 0. The summed E-state index contributed by atoms with van der Waals surface area (Å²) in [5.74, 6) is 0.906. The van der Waals surface area contributed by atoms with Gasteiger partial charge in [-0.3, -0.25) is 4.79 Å². The highest BCUT2D eigenvalue weighted by atomic mass is 16.5. The first-order valence-electron chi connectivity index (χ1n) is 6.96. The molecule has 0 spiro atoms. The van der Waals surface area contributed by atoms with E-state index in [0.29, 0.717) is 18.6 Å². The minimum atomic E-state index is 0.180. The van der Waals surface area contributed by atoms with Gasteiger partial charge in [-0.2, -0.15) is 0 Å². The zero-order valence-corrected chi connectivity index (χ0v) is 11.3. The van der Waals surface area contributed by atoms with Crippen LogP contribution in [0, 0.1) is 0 Å². The molecule has 2 rings (SSSR count). The number of carbonyl (C=O) groups is 1. The number of ketones is 1. The van der Waals surface area contributed by atoms with Crippen LogP contribution in [0.4, 0.5) is 5.69 Å². The third-order valence-electron chi connectivity index (χ3n) is 3.29. The summed E-state index contributed by atoms with van der Waals surface area (Å²) in [6.07, 6.45) is 6.67. The molecule has 1 aromatic carbocycles. The van der Waals surface area contributed by atoms with Crippen LogP contribution in [0.2, 0.25) is 0 Å². The second-order valence-corrected chi connectivity index (χ2v) is 4.77. The van der Waals surface area contributed by atoms with Crippen molar-refractivity contribution in [3.05, 3.63) is 36.4 Å². The van der Waals surface area contributed by atoms with E-state index in [4.69, 9.17) is 4.74 Å². The lowest BCUT2D eigenvalue weighted by molar-refractivity contribution is 0.0975. The molecule has 0 unspecified atom stereocenters. The molecule has 0 fully saturated rings. The average Bonchev–Trinajstić information content (AvgIpc) is 2.46. The fourth-order valence-electron chi connectivity index (χ4n) is 2.28. The molecule has 0 saturated heterocycles. The fraction of sp³-hybridized carbons (Fsp3) is 0.438. The van der Waals surface area contributed by atoms with Crippen molar-refractivity contribution in [3.8, 4) is 5.75 Å². The molecule has 19 heavy (non-hydrogen) atoms. The average molecular weight is 259 g/mol. The van der Waals surface area contributed by atoms with E-state index in [2.05, 4.69) is 11.9 Å². The Kier molecular flexibility index (Phi) is 5.01. The van der Waals surface area contributed by atoms with Crippen molar-refractivity contribution in [1.82, 2.24) is 0 Å². The molecule has 0 amide bonds. The predicted octanol–water partition coefficient (Wildman–Crippen LogP) is 3.81. The number of ether oxygens (including phenoxy) is 1. The Labute approximate surface area is 114 Å². The standard InChI is InChI=1S/C16H21NO2/c1-2-3-4-5-6-10-15(18)13-8-7-9-14-16(13)19-12-11-17-14/h2,7-9,17H,1,3-6,10-12H2. The first-order valence-corrected chi connectivity index (χ1v) is 6.96. The Morgan fingerprint density at radius 3 is 3.11 bits per heavy atom. The minimum Gasteiger partial charge on any atom is -0.489 e. The summed E-state index contributed by atoms with van der Waals surface area (Å²) in [6, 6.07) is 5.72. The fourth-order valence-corrected chi connectivity index (χ4v) is 2.28. The lowest BCUT2D eigenvalue weighted by Gasteiger charge is -2.21. The predicted molar refractivity (Wildman–Crippen MR) is 78.0 cm³/mol. The van der Waals surface area contributed by atoms with Gasteiger partial charge in [0.15, 0.2) is 11.5 Å². The normalized spacial score (nSPS) is 13.1. The Balaban J connectivity index is 1.93. The van der Waals surface area contributed by atoms with Crippen molar-refractivity contribution in [3.63, 3.8) is 0 Å². The summed E-state index contributed by atoms with van der Waals surface area (Å²) < 4.78 is 5.62. The van der Waals surface area contributed by atoms with Crippen LogP contribution < -0.4 is 10.1 Å². The lowest BCUT2D eigenvalue weighted by atomic mass is 10.0. The number of carbonyl (C=O) groups excluding carboxylic acids is 1. The van der Waals surface area contributed by atoms with E-state index in [-0.39, 0.29) is 5.78 Å². The molecule has 0 aromatic heterocycles. The first-order chi connectivity index (χ1) is 9.33. The monoisotopic (exact) mass is 259 g/mol. The van der Waals surface area contributed by atoms with Gasteiger partial charge in [-0.1, -0.05) is 18.6 Å². The Bertz CT molecular complexity index is 454. The molecular weight excluding hydrogens is 238 g/mol.